The van der Waals surface area contributed by atoms with Crippen molar-refractivity contribution in [3.05, 3.63) is 30.0 Å². The zero-order valence-corrected chi connectivity index (χ0v) is 30.1. The summed E-state index contributed by atoms with van der Waals surface area (Å²) in [6.07, 6.45) is 1.17. The number of anilines is 1. The maximum absolute atomic E-state index is 13.8. The van der Waals surface area contributed by atoms with E-state index in [9.17, 15) is 22.8 Å². The molecule has 0 aromatic carbocycles. The molecule has 274 valence electrons. The van der Waals surface area contributed by atoms with Crippen molar-refractivity contribution in [3.63, 3.8) is 0 Å². The molecule has 0 aliphatic carbocycles. The molecule has 0 spiro atoms. The van der Waals surface area contributed by atoms with Crippen LogP contribution in [0.5, 0.6) is 0 Å². The number of aliphatic hydroxyl groups is 1. The number of thioether (sulfide) groups is 1. The van der Waals surface area contributed by atoms with Crippen molar-refractivity contribution in [1.29, 1.82) is 0 Å². The molecule has 3 rings (SSSR count). The van der Waals surface area contributed by atoms with Crippen molar-refractivity contribution >= 4 is 35.2 Å². The highest BCUT2D eigenvalue weighted by Gasteiger charge is 2.34. The quantitative estimate of drug-likeness (QED) is 0.149. The highest BCUT2D eigenvalue weighted by Crippen LogP contribution is 2.41. The van der Waals surface area contributed by atoms with Crippen LogP contribution in [0, 0.1) is 17.8 Å². The summed E-state index contributed by atoms with van der Waals surface area (Å²) >= 11 is -0.285. The molecule has 2 aromatic rings. The van der Waals surface area contributed by atoms with Crippen LogP contribution in [0.15, 0.2) is 29.4 Å². The van der Waals surface area contributed by atoms with Crippen LogP contribution in [-0.2, 0) is 18.9 Å². The number of carbonyl (C=O) groups is 2. The molecule has 49 heavy (non-hydrogen) atoms. The van der Waals surface area contributed by atoms with E-state index < -0.39 is 35.4 Å². The molecule has 2 aromatic heterocycles. The van der Waals surface area contributed by atoms with Gasteiger partial charge in [0, 0.05) is 37.2 Å². The third-order valence-corrected chi connectivity index (χ3v) is 8.02. The van der Waals surface area contributed by atoms with Crippen LogP contribution < -0.4 is 5.32 Å². The van der Waals surface area contributed by atoms with Gasteiger partial charge in [-0.15, -0.1) is 0 Å². The summed E-state index contributed by atoms with van der Waals surface area (Å²) in [4.78, 5) is 28.7. The van der Waals surface area contributed by atoms with Gasteiger partial charge in [0.25, 0.3) is 0 Å². The monoisotopic (exact) mass is 714 g/mol. The number of aliphatic hydroxyl groups excluding tert-OH is 1. The summed E-state index contributed by atoms with van der Waals surface area (Å²) < 4.78 is 64.6. The Balaban J connectivity index is 1.89. The minimum absolute atomic E-state index is 0.0380. The number of rotatable bonds is 12. The topological polar surface area (TPSA) is 114 Å². The Bertz CT molecular complexity index is 1430. The van der Waals surface area contributed by atoms with Gasteiger partial charge in [0.2, 0.25) is 0 Å². The van der Waals surface area contributed by atoms with Crippen molar-refractivity contribution in [2.45, 2.75) is 82.2 Å². The minimum Gasteiger partial charge on any atom is -0.443 e. The lowest BCUT2D eigenvalue weighted by Gasteiger charge is -2.38. The first kappa shape index (κ1) is 40.3. The highest BCUT2D eigenvalue weighted by molar-refractivity contribution is 8.00. The van der Waals surface area contributed by atoms with E-state index in [0.717, 1.165) is 25.9 Å². The molecule has 0 unspecified atom stereocenters. The SMILES string of the molecule is CN1CC[C@H](Nc2cccn3c(SC(F)(F)F)c(C#CCN(C(=O)OC(C)(C)C)C(=O)OC(C)(C)C)cc23)[C@@H](CCOCCOCCO)C1. The number of imide groups is 1. The number of hydrogen-bond donors (Lipinski definition) is 2. The summed E-state index contributed by atoms with van der Waals surface area (Å²) in [6, 6.07) is 5.12. The van der Waals surface area contributed by atoms with Gasteiger partial charge in [0.05, 0.1) is 49.7 Å². The van der Waals surface area contributed by atoms with Crippen molar-refractivity contribution < 1.29 is 46.8 Å². The van der Waals surface area contributed by atoms with Gasteiger partial charge in [-0.2, -0.15) is 13.2 Å². The largest absolute Gasteiger partial charge is 0.447 e. The van der Waals surface area contributed by atoms with Crippen LogP contribution in [0.2, 0.25) is 0 Å². The Hall–Kier alpha value is -3.16. The predicted molar refractivity (Wildman–Crippen MR) is 182 cm³/mol. The first-order valence-corrected chi connectivity index (χ1v) is 17.0. The van der Waals surface area contributed by atoms with E-state index >= 15 is 0 Å². The van der Waals surface area contributed by atoms with Crippen LogP contribution >= 0.6 is 11.8 Å². The number of pyridine rings is 1. The molecule has 0 saturated carbocycles. The van der Waals surface area contributed by atoms with E-state index in [1.165, 1.54) is 4.40 Å². The van der Waals surface area contributed by atoms with Crippen LogP contribution in [-0.4, -0.2) is 114 Å². The average molecular weight is 715 g/mol. The van der Waals surface area contributed by atoms with Crippen LogP contribution in [0.1, 0.15) is 59.9 Å². The van der Waals surface area contributed by atoms with Crippen LogP contribution in [0.25, 0.3) is 5.52 Å². The maximum atomic E-state index is 13.8. The van der Waals surface area contributed by atoms with Gasteiger partial charge in [-0.1, -0.05) is 11.8 Å². The third-order valence-electron chi connectivity index (χ3n) is 7.18. The molecule has 2 N–H and O–H groups in total. The summed E-state index contributed by atoms with van der Waals surface area (Å²) in [7, 11) is 2.05. The lowest BCUT2D eigenvalue weighted by atomic mass is 9.89. The molecule has 1 aliphatic heterocycles. The zero-order valence-electron chi connectivity index (χ0n) is 29.3. The first-order valence-electron chi connectivity index (χ1n) is 16.2. The molecule has 11 nitrogen and oxygen atoms in total. The Labute approximate surface area is 290 Å². The second-order valence-corrected chi connectivity index (χ2v) is 14.8. The van der Waals surface area contributed by atoms with Crippen LogP contribution in [0.4, 0.5) is 28.4 Å². The molecule has 2 atom stereocenters. The molecule has 15 heteroatoms. The number of nitrogens with zero attached hydrogens (tertiary/aromatic N) is 3. The van der Waals surface area contributed by atoms with E-state index in [2.05, 4.69) is 29.1 Å². The van der Waals surface area contributed by atoms with E-state index in [0.29, 0.717) is 35.9 Å². The van der Waals surface area contributed by atoms with Crippen LogP contribution in [0.3, 0.4) is 0 Å². The molecule has 0 bridgehead atoms. The first-order chi connectivity index (χ1) is 22.9. The molecular formula is C34H49F3N4O7S. The summed E-state index contributed by atoms with van der Waals surface area (Å²) in [5, 5.41) is 12.3. The Morgan fingerprint density at radius 2 is 1.67 bits per heavy atom. The number of aromatic nitrogens is 1. The Morgan fingerprint density at radius 3 is 2.27 bits per heavy atom. The van der Waals surface area contributed by atoms with Crippen molar-refractivity contribution in [2.75, 3.05) is 65.0 Å². The number of ether oxygens (including phenoxy) is 4. The molecule has 0 radical (unpaired) electrons. The number of likely N-dealkylation sites (tertiary alicyclic amines) is 1. The third kappa shape index (κ3) is 13.6. The summed E-state index contributed by atoms with van der Waals surface area (Å²) in [5.74, 6) is 5.67. The van der Waals surface area contributed by atoms with Crippen molar-refractivity contribution in [3.8, 4) is 11.8 Å². The summed E-state index contributed by atoms with van der Waals surface area (Å²) in [5.41, 5.74) is -5.19. The van der Waals surface area contributed by atoms with Crippen molar-refractivity contribution in [2.24, 2.45) is 5.92 Å². The number of hydrogen-bond acceptors (Lipinski definition) is 10. The normalized spacial score (nSPS) is 17.4. The number of alkyl halides is 3. The molecule has 1 fully saturated rings. The molecular weight excluding hydrogens is 665 g/mol. The van der Waals surface area contributed by atoms with Gasteiger partial charge in [0.15, 0.2) is 0 Å². The van der Waals surface area contributed by atoms with Crippen molar-refractivity contribution in [1.82, 2.24) is 14.2 Å². The molecule has 1 saturated heterocycles. The standard InChI is InChI=1S/C34H49F3N4O7S/c1-32(2,3)47-30(43)41(31(44)48-33(4,5)6)15-8-10-24-22-28-27(11-9-14-40(28)29(24)49-34(35,36)37)38-26-12-16-39(7)23-25(26)13-18-45-20-21-46-19-17-42/h9,11,14,22,25-26,38,42H,12-13,15-21,23H2,1-7H3/t25-,26-/m0/s1. The van der Waals surface area contributed by atoms with Gasteiger partial charge < -0.3 is 38.7 Å². The summed E-state index contributed by atoms with van der Waals surface area (Å²) in [6.45, 7) is 12.6. The number of carbonyl (C=O) groups excluding carboxylic acids is 2. The maximum Gasteiger partial charge on any atom is 0.447 e. The Morgan fingerprint density at radius 1 is 1.04 bits per heavy atom. The minimum atomic E-state index is -4.60. The second kappa shape index (κ2) is 17.7. The Kier molecular flexibility index (Phi) is 14.5. The molecule has 1 aliphatic rings. The zero-order chi connectivity index (χ0) is 36.4. The highest BCUT2D eigenvalue weighted by atomic mass is 32.2. The average Bonchev–Trinajstić information content (AvgIpc) is 3.30. The predicted octanol–water partition coefficient (Wildman–Crippen LogP) is 6.22. The lowest BCUT2D eigenvalue weighted by Crippen LogP contribution is -2.45. The van der Waals surface area contributed by atoms with E-state index in [-0.39, 0.29) is 47.5 Å². The molecule has 3 heterocycles. The number of fused-ring (bicyclic) bond motifs is 1. The smallest absolute Gasteiger partial charge is 0.443 e. The fraction of sp³-hybridized carbons (Fsp3) is 0.647. The number of piperidine rings is 1. The van der Waals surface area contributed by atoms with Gasteiger partial charge >= 0.3 is 17.7 Å². The van der Waals surface area contributed by atoms with E-state index in [1.54, 1.807) is 59.9 Å². The van der Waals surface area contributed by atoms with E-state index in [4.69, 9.17) is 24.1 Å². The second-order valence-electron chi connectivity index (χ2n) is 13.7. The van der Waals surface area contributed by atoms with E-state index in [1.807, 2.05) is 6.07 Å². The van der Waals surface area contributed by atoms with Gasteiger partial charge in [0.1, 0.15) is 16.2 Å². The van der Waals surface area contributed by atoms with Gasteiger partial charge in [-0.25, -0.2) is 14.5 Å². The van der Waals surface area contributed by atoms with Gasteiger partial charge in [-0.3, -0.25) is 0 Å². The molecule has 2 amide bonds. The number of halogens is 3. The number of nitrogens with one attached hydrogen (secondary N) is 1. The van der Waals surface area contributed by atoms with Gasteiger partial charge in [-0.05, 0) is 92.1 Å². The lowest BCUT2D eigenvalue weighted by molar-refractivity contribution is -0.0330. The fourth-order valence-electron chi connectivity index (χ4n) is 5.17. The number of amides is 2. The fourth-order valence-corrected chi connectivity index (χ4v) is 5.86.